The molecule has 1 atom stereocenters. The van der Waals surface area contributed by atoms with Crippen LogP contribution >= 0.6 is 0 Å². The number of quaternary nitrogens is 1. The van der Waals surface area contributed by atoms with E-state index < -0.39 is 0 Å². The van der Waals surface area contributed by atoms with Crippen LogP contribution in [-0.2, 0) is 4.79 Å². The fourth-order valence-electron chi connectivity index (χ4n) is 7.42. The normalized spacial score (nSPS) is 33.3. The van der Waals surface area contributed by atoms with Crippen molar-refractivity contribution in [3.8, 4) is 0 Å². The number of carbonyl (C=O) groups excluding carboxylic acids is 1. The minimum atomic E-state index is -0.366. The summed E-state index contributed by atoms with van der Waals surface area (Å²) in [5.74, 6) is 2.92. The number of carbonyl (C=O) groups is 1. The highest BCUT2D eigenvalue weighted by Crippen LogP contribution is 2.61. The summed E-state index contributed by atoms with van der Waals surface area (Å²) in [5.41, 5.74) is 1.50. The van der Waals surface area contributed by atoms with Gasteiger partial charge in [0, 0.05) is 23.9 Å². The number of amides is 1. The zero-order valence-corrected chi connectivity index (χ0v) is 18.5. The molecule has 1 aromatic carbocycles. The van der Waals surface area contributed by atoms with Crippen molar-refractivity contribution in [2.75, 3.05) is 37.6 Å². The van der Waals surface area contributed by atoms with Crippen molar-refractivity contribution in [2.45, 2.75) is 51.5 Å². The van der Waals surface area contributed by atoms with Crippen molar-refractivity contribution in [1.82, 2.24) is 5.32 Å². The van der Waals surface area contributed by atoms with Crippen LogP contribution in [0.1, 0.15) is 45.4 Å². The zero-order valence-electron chi connectivity index (χ0n) is 18.5. The average Bonchev–Trinajstić information content (AvgIpc) is 2.73. The lowest BCUT2D eigenvalue weighted by atomic mass is 9.48. The van der Waals surface area contributed by atoms with Gasteiger partial charge < -0.3 is 15.1 Å². The minimum absolute atomic E-state index is 0.123. The molecule has 1 saturated heterocycles. The quantitative estimate of drug-likeness (QED) is 0.538. The number of benzene rings is 1. The molecule has 6 rings (SSSR count). The fourth-order valence-corrected chi connectivity index (χ4v) is 7.42. The smallest absolute Gasteiger partial charge is 0.275 e. The number of nitro groups is 1. The Kier molecular flexibility index (Phi) is 5.40. The van der Waals surface area contributed by atoms with Gasteiger partial charge in [0.2, 0.25) is 0 Å². The molecule has 168 valence electrons. The van der Waals surface area contributed by atoms with Crippen molar-refractivity contribution in [1.29, 1.82) is 0 Å². The minimum Gasteiger partial charge on any atom is -0.360 e. The van der Waals surface area contributed by atoms with Gasteiger partial charge in [-0.1, -0.05) is 0 Å². The molecule has 1 aliphatic heterocycles. The summed E-state index contributed by atoms with van der Waals surface area (Å²) in [6, 6.07) is 7.06. The third-order valence-electron chi connectivity index (χ3n) is 8.69. The van der Waals surface area contributed by atoms with Gasteiger partial charge in [-0.25, -0.2) is 0 Å². The molecule has 5 aliphatic rings. The highest BCUT2D eigenvalue weighted by Gasteiger charge is 2.53. The number of nitrogens with one attached hydrogen (secondary N) is 2. The van der Waals surface area contributed by atoms with Gasteiger partial charge in [0.15, 0.2) is 6.54 Å². The van der Waals surface area contributed by atoms with Crippen LogP contribution in [0, 0.1) is 33.3 Å². The van der Waals surface area contributed by atoms with E-state index in [0.29, 0.717) is 12.0 Å². The van der Waals surface area contributed by atoms with E-state index in [1.807, 2.05) is 12.1 Å². The number of anilines is 1. The largest absolute Gasteiger partial charge is 0.360 e. The molecule has 4 bridgehead atoms. The number of rotatable bonds is 6. The summed E-state index contributed by atoms with van der Waals surface area (Å²) in [4.78, 5) is 26.9. The second-order valence-corrected chi connectivity index (χ2v) is 10.8. The molecule has 4 aliphatic carbocycles. The first kappa shape index (κ1) is 20.7. The van der Waals surface area contributed by atoms with E-state index >= 15 is 0 Å². The maximum Gasteiger partial charge on any atom is 0.275 e. The molecule has 0 radical (unpaired) electrons. The molecule has 7 heteroatoms. The Morgan fingerprint density at radius 3 is 2.19 bits per heavy atom. The second kappa shape index (κ2) is 8.08. The average molecular weight is 428 g/mol. The number of nitrogens with zero attached hydrogens (tertiary/aromatic N) is 2. The van der Waals surface area contributed by atoms with E-state index in [-0.39, 0.29) is 22.6 Å². The fraction of sp³-hybridized carbons (Fsp3) is 0.708. The molecule has 1 amide bonds. The van der Waals surface area contributed by atoms with E-state index in [9.17, 15) is 14.9 Å². The van der Waals surface area contributed by atoms with Gasteiger partial charge in [0.1, 0.15) is 0 Å². The van der Waals surface area contributed by atoms with Crippen molar-refractivity contribution >= 4 is 17.3 Å². The number of hydrogen-bond acceptors (Lipinski definition) is 4. The van der Waals surface area contributed by atoms with Crippen LogP contribution in [0.5, 0.6) is 0 Å². The maximum atomic E-state index is 12.9. The highest BCUT2D eigenvalue weighted by molar-refractivity contribution is 5.77. The predicted octanol–water partition coefficient (Wildman–Crippen LogP) is 2.02. The van der Waals surface area contributed by atoms with E-state index in [1.54, 1.807) is 12.1 Å². The Morgan fingerprint density at radius 2 is 1.68 bits per heavy atom. The van der Waals surface area contributed by atoms with Gasteiger partial charge >= 0.3 is 0 Å². The lowest BCUT2D eigenvalue weighted by molar-refractivity contribution is -0.892. The number of non-ortho nitro benzene ring substituents is 1. The molecular formula is C24H35N4O3+. The Balaban J connectivity index is 1.11. The van der Waals surface area contributed by atoms with Crippen LogP contribution in [0.3, 0.4) is 0 Å². The molecule has 31 heavy (non-hydrogen) atoms. The summed E-state index contributed by atoms with van der Waals surface area (Å²) in [6.45, 7) is 6.36. The standard InChI is InChI=1S/C24H34N4O3/c1-17(24-13-18-10-19(14-24)12-20(11-18)15-24)25-23(29)16-26-6-8-27(9-7-26)21-2-4-22(5-3-21)28(30)31/h2-5,17-20H,6-16H2,1H3,(H,25,29)/p+1/t17-,18?,19?,20?,24?/m1/s1. The number of piperazine rings is 1. The molecule has 4 saturated carbocycles. The predicted molar refractivity (Wildman–Crippen MR) is 119 cm³/mol. The summed E-state index contributed by atoms with van der Waals surface area (Å²) in [5, 5.41) is 14.2. The van der Waals surface area contributed by atoms with Crippen molar-refractivity contribution in [3.05, 3.63) is 34.4 Å². The Hall–Kier alpha value is -2.15. The van der Waals surface area contributed by atoms with Crippen LogP contribution in [0.4, 0.5) is 11.4 Å². The van der Waals surface area contributed by atoms with Crippen LogP contribution in [0.2, 0.25) is 0 Å². The van der Waals surface area contributed by atoms with Crippen molar-refractivity contribution in [2.24, 2.45) is 23.2 Å². The van der Waals surface area contributed by atoms with Gasteiger partial charge in [0.25, 0.3) is 11.6 Å². The third kappa shape index (κ3) is 4.16. The van der Waals surface area contributed by atoms with Gasteiger partial charge in [-0.2, -0.15) is 0 Å². The van der Waals surface area contributed by atoms with Crippen LogP contribution < -0.4 is 15.1 Å². The summed E-state index contributed by atoms with van der Waals surface area (Å²) < 4.78 is 0. The second-order valence-electron chi connectivity index (χ2n) is 10.8. The van der Waals surface area contributed by atoms with Gasteiger partial charge in [0.05, 0.1) is 31.1 Å². The first-order chi connectivity index (χ1) is 14.9. The molecule has 0 aromatic heterocycles. The molecule has 1 aromatic rings. The molecule has 5 fully saturated rings. The lowest BCUT2D eigenvalue weighted by Gasteiger charge is -2.59. The first-order valence-electron chi connectivity index (χ1n) is 12.0. The number of hydrogen-bond donors (Lipinski definition) is 2. The Labute approximate surface area is 184 Å². The van der Waals surface area contributed by atoms with E-state index in [0.717, 1.165) is 49.6 Å². The Bertz CT molecular complexity index is 796. The van der Waals surface area contributed by atoms with Gasteiger partial charge in [-0.3, -0.25) is 14.9 Å². The zero-order chi connectivity index (χ0) is 21.6. The molecule has 7 nitrogen and oxygen atoms in total. The van der Waals surface area contributed by atoms with Gasteiger partial charge in [-0.05, 0) is 80.8 Å². The lowest BCUT2D eigenvalue weighted by Crippen LogP contribution is -3.16. The third-order valence-corrected chi connectivity index (χ3v) is 8.69. The van der Waals surface area contributed by atoms with Gasteiger partial charge in [-0.15, -0.1) is 0 Å². The van der Waals surface area contributed by atoms with Crippen molar-refractivity contribution in [3.63, 3.8) is 0 Å². The van der Waals surface area contributed by atoms with Crippen LogP contribution in [0.25, 0.3) is 0 Å². The van der Waals surface area contributed by atoms with Crippen molar-refractivity contribution < 1.29 is 14.6 Å². The molecule has 1 heterocycles. The molecule has 2 N–H and O–H groups in total. The first-order valence-corrected chi connectivity index (χ1v) is 12.0. The SMILES string of the molecule is C[C@@H](NC(=O)C[NH+]1CCN(c2ccc([N+](=O)[O-])cc2)CC1)C12CC3CC(CC(C3)C1)C2. The van der Waals surface area contributed by atoms with E-state index in [2.05, 4.69) is 17.1 Å². The van der Waals surface area contributed by atoms with E-state index in [1.165, 1.54) is 43.4 Å². The topological polar surface area (TPSA) is 79.9 Å². The number of nitro benzene ring substituents is 1. The molecule has 0 spiro atoms. The highest BCUT2D eigenvalue weighted by atomic mass is 16.6. The van der Waals surface area contributed by atoms with Crippen LogP contribution in [0.15, 0.2) is 24.3 Å². The Morgan fingerprint density at radius 1 is 1.13 bits per heavy atom. The van der Waals surface area contributed by atoms with Crippen LogP contribution in [-0.4, -0.2) is 49.6 Å². The summed E-state index contributed by atoms with van der Waals surface area (Å²) >= 11 is 0. The maximum absolute atomic E-state index is 12.9. The molecular weight excluding hydrogens is 392 g/mol. The monoisotopic (exact) mass is 427 g/mol. The summed E-state index contributed by atoms with van der Waals surface area (Å²) in [6.07, 6.45) is 8.26. The summed E-state index contributed by atoms with van der Waals surface area (Å²) in [7, 11) is 0. The van der Waals surface area contributed by atoms with E-state index in [4.69, 9.17) is 0 Å². The molecule has 0 unspecified atom stereocenters.